The summed E-state index contributed by atoms with van der Waals surface area (Å²) in [6.07, 6.45) is -0.0108. The van der Waals surface area contributed by atoms with Crippen LogP contribution in [0.5, 0.6) is 5.75 Å². The van der Waals surface area contributed by atoms with E-state index in [1.807, 2.05) is 19.0 Å². The minimum atomic E-state index is -0.0108. The molecule has 0 heterocycles. The fraction of sp³-hybridized carbons (Fsp3) is 0.538. The third-order valence-corrected chi connectivity index (χ3v) is 2.66. The van der Waals surface area contributed by atoms with Crippen molar-refractivity contribution in [2.24, 2.45) is 0 Å². The zero-order valence-electron chi connectivity index (χ0n) is 11.0. The molecule has 0 radical (unpaired) electrons. The maximum atomic E-state index is 5.47. The molecular formula is C13H21NO2. The summed E-state index contributed by atoms with van der Waals surface area (Å²) < 4.78 is 10.8. The number of nitrogens with zero attached hydrogens (tertiary/aromatic N) is 1. The first-order chi connectivity index (χ1) is 7.51. The van der Waals surface area contributed by atoms with Crippen molar-refractivity contribution in [2.75, 3.05) is 28.3 Å². The summed E-state index contributed by atoms with van der Waals surface area (Å²) in [6.45, 7) is 4.11. The Morgan fingerprint density at radius 2 is 1.56 bits per heavy atom. The van der Waals surface area contributed by atoms with E-state index in [0.717, 1.165) is 22.4 Å². The molecule has 1 rings (SSSR count). The van der Waals surface area contributed by atoms with Gasteiger partial charge in [-0.2, -0.15) is 0 Å². The van der Waals surface area contributed by atoms with Crippen LogP contribution < -0.4 is 4.74 Å². The highest BCUT2D eigenvalue weighted by Crippen LogP contribution is 2.28. The third-order valence-electron chi connectivity index (χ3n) is 2.66. The first-order valence-electron chi connectivity index (χ1n) is 5.35. The SMILES string of the molecule is COc1c(C)cc(C(OC)N(C)C)cc1C. The highest BCUT2D eigenvalue weighted by atomic mass is 16.5. The largest absolute Gasteiger partial charge is 0.496 e. The molecule has 1 aromatic carbocycles. The van der Waals surface area contributed by atoms with Crippen LogP contribution in [0, 0.1) is 13.8 Å². The fourth-order valence-electron chi connectivity index (χ4n) is 2.09. The lowest BCUT2D eigenvalue weighted by atomic mass is 10.0. The van der Waals surface area contributed by atoms with Gasteiger partial charge in [0, 0.05) is 7.11 Å². The van der Waals surface area contributed by atoms with Gasteiger partial charge in [0.25, 0.3) is 0 Å². The van der Waals surface area contributed by atoms with Gasteiger partial charge in [0.05, 0.1) is 7.11 Å². The molecule has 0 bridgehead atoms. The Bertz CT molecular complexity index is 338. The number of benzene rings is 1. The molecule has 1 aromatic rings. The van der Waals surface area contributed by atoms with Crippen LogP contribution in [0.1, 0.15) is 22.9 Å². The predicted octanol–water partition coefficient (Wildman–Crippen LogP) is 2.52. The second-order valence-electron chi connectivity index (χ2n) is 4.24. The summed E-state index contributed by atoms with van der Waals surface area (Å²) in [6, 6.07) is 4.22. The average Bonchev–Trinajstić information content (AvgIpc) is 2.17. The zero-order chi connectivity index (χ0) is 12.3. The summed E-state index contributed by atoms with van der Waals surface area (Å²) in [5.41, 5.74) is 3.44. The molecule has 0 aliphatic heterocycles. The molecule has 0 amide bonds. The average molecular weight is 223 g/mol. The molecule has 0 N–H and O–H groups in total. The summed E-state index contributed by atoms with van der Waals surface area (Å²) in [5, 5.41) is 0. The number of hydrogen-bond donors (Lipinski definition) is 0. The maximum absolute atomic E-state index is 5.47. The summed E-state index contributed by atoms with van der Waals surface area (Å²) in [7, 11) is 7.43. The molecule has 16 heavy (non-hydrogen) atoms. The Labute approximate surface area is 98.0 Å². The smallest absolute Gasteiger partial charge is 0.135 e. The van der Waals surface area contributed by atoms with Gasteiger partial charge < -0.3 is 9.47 Å². The Balaban J connectivity index is 3.16. The van der Waals surface area contributed by atoms with Crippen molar-refractivity contribution in [3.05, 3.63) is 28.8 Å². The lowest BCUT2D eigenvalue weighted by molar-refractivity contribution is -0.00550. The highest BCUT2D eigenvalue weighted by Gasteiger charge is 2.15. The number of rotatable bonds is 4. The van der Waals surface area contributed by atoms with Crippen molar-refractivity contribution in [2.45, 2.75) is 20.1 Å². The van der Waals surface area contributed by atoms with Crippen LogP contribution in [-0.2, 0) is 4.74 Å². The van der Waals surface area contributed by atoms with E-state index >= 15 is 0 Å². The van der Waals surface area contributed by atoms with E-state index in [4.69, 9.17) is 9.47 Å². The molecule has 1 atom stereocenters. The van der Waals surface area contributed by atoms with Crippen molar-refractivity contribution in [3.8, 4) is 5.75 Å². The lowest BCUT2D eigenvalue weighted by Gasteiger charge is -2.24. The molecule has 0 aromatic heterocycles. The quantitative estimate of drug-likeness (QED) is 0.732. The second kappa shape index (κ2) is 5.32. The van der Waals surface area contributed by atoms with Gasteiger partial charge >= 0.3 is 0 Å². The van der Waals surface area contributed by atoms with Gasteiger partial charge in [-0.3, -0.25) is 4.90 Å². The minimum absolute atomic E-state index is 0.0108. The van der Waals surface area contributed by atoms with Gasteiger partial charge in [-0.1, -0.05) is 0 Å². The van der Waals surface area contributed by atoms with Crippen LogP contribution in [0.2, 0.25) is 0 Å². The molecule has 3 nitrogen and oxygen atoms in total. The number of aryl methyl sites for hydroxylation is 2. The van der Waals surface area contributed by atoms with E-state index in [1.54, 1.807) is 14.2 Å². The van der Waals surface area contributed by atoms with Crippen molar-refractivity contribution in [1.82, 2.24) is 4.90 Å². The Morgan fingerprint density at radius 3 is 1.88 bits per heavy atom. The molecule has 0 fully saturated rings. The molecule has 90 valence electrons. The van der Waals surface area contributed by atoms with E-state index in [1.165, 1.54) is 0 Å². The van der Waals surface area contributed by atoms with E-state index in [0.29, 0.717) is 0 Å². The monoisotopic (exact) mass is 223 g/mol. The van der Waals surface area contributed by atoms with Crippen molar-refractivity contribution < 1.29 is 9.47 Å². The van der Waals surface area contributed by atoms with Gasteiger partial charge in [0.2, 0.25) is 0 Å². The van der Waals surface area contributed by atoms with Crippen LogP contribution in [0.25, 0.3) is 0 Å². The zero-order valence-corrected chi connectivity index (χ0v) is 11.0. The first-order valence-corrected chi connectivity index (χ1v) is 5.35. The molecule has 0 saturated heterocycles. The van der Waals surface area contributed by atoms with Crippen LogP contribution in [-0.4, -0.2) is 33.2 Å². The van der Waals surface area contributed by atoms with Crippen LogP contribution >= 0.6 is 0 Å². The third kappa shape index (κ3) is 2.54. The Hall–Kier alpha value is -1.06. The Morgan fingerprint density at radius 1 is 1.06 bits per heavy atom. The molecule has 1 unspecified atom stereocenters. The van der Waals surface area contributed by atoms with Gasteiger partial charge in [-0.15, -0.1) is 0 Å². The van der Waals surface area contributed by atoms with Gasteiger partial charge in [0.1, 0.15) is 12.0 Å². The maximum Gasteiger partial charge on any atom is 0.135 e. The summed E-state index contributed by atoms with van der Waals surface area (Å²) in [4.78, 5) is 2.04. The Kier molecular flexibility index (Phi) is 4.33. The highest BCUT2D eigenvalue weighted by molar-refractivity contribution is 5.43. The van der Waals surface area contributed by atoms with Gasteiger partial charge in [-0.05, 0) is 56.8 Å². The topological polar surface area (TPSA) is 21.7 Å². The number of hydrogen-bond acceptors (Lipinski definition) is 3. The molecule has 0 aliphatic rings. The van der Waals surface area contributed by atoms with E-state index in [2.05, 4.69) is 26.0 Å². The summed E-state index contributed by atoms with van der Waals surface area (Å²) >= 11 is 0. The standard InChI is InChI=1S/C13H21NO2/c1-9-7-11(13(16-6)14(3)4)8-10(2)12(9)15-5/h7-8,13H,1-6H3. The molecule has 0 saturated carbocycles. The first kappa shape index (κ1) is 13.0. The van der Waals surface area contributed by atoms with Crippen molar-refractivity contribution in [1.29, 1.82) is 0 Å². The van der Waals surface area contributed by atoms with Crippen LogP contribution in [0.3, 0.4) is 0 Å². The molecule has 3 heteroatoms. The fourth-order valence-corrected chi connectivity index (χ4v) is 2.09. The van der Waals surface area contributed by atoms with Crippen LogP contribution in [0.15, 0.2) is 12.1 Å². The minimum Gasteiger partial charge on any atom is -0.496 e. The van der Waals surface area contributed by atoms with Crippen LogP contribution in [0.4, 0.5) is 0 Å². The normalized spacial score (nSPS) is 12.9. The van der Waals surface area contributed by atoms with Gasteiger partial charge in [-0.25, -0.2) is 0 Å². The van der Waals surface area contributed by atoms with Crippen molar-refractivity contribution >= 4 is 0 Å². The van der Waals surface area contributed by atoms with Gasteiger partial charge in [0.15, 0.2) is 0 Å². The van der Waals surface area contributed by atoms with E-state index in [-0.39, 0.29) is 6.23 Å². The number of methoxy groups -OCH3 is 2. The number of ether oxygens (including phenoxy) is 2. The van der Waals surface area contributed by atoms with Crippen molar-refractivity contribution in [3.63, 3.8) is 0 Å². The summed E-state index contributed by atoms with van der Waals surface area (Å²) in [5.74, 6) is 0.956. The second-order valence-corrected chi connectivity index (χ2v) is 4.24. The molecule has 0 spiro atoms. The van der Waals surface area contributed by atoms with E-state index in [9.17, 15) is 0 Å². The molecule has 0 aliphatic carbocycles. The predicted molar refractivity (Wildman–Crippen MR) is 65.9 cm³/mol. The van der Waals surface area contributed by atoms with E-state index < -0.39 is 0 Å². The lowest BCUT2D eigenvalue weighted by Crippen LogP contribution is -2.21. The molecular weight excluding hydrogens is 202 g/mol.